The van der Waals surface area contributed by atoms with Gasteiger partial charge in [-0.05, 0) is 45.4 Å². The Morgan fingerprint density at radius 3 is 2.52 bits per heavy atom. The van der Waals surface area contributed by atoms with Crippen LogP contribution in [0.4, 0.5) is 5.82 Å². The van der Waals surface area contributed by atoms with E-state index in [1.807, 2.05) is 40.6 Å². The van der Waals surface area contributed by atoms with Crippen molar-refractivity contribution in [3.63, 3.8) is 0 Å². The van der Waals surface area contributed by atoms with Crippen molar-refractivity contribution in [2.45, 2.75) is 45.2 Å². The van der Waals surface area contributed by atoms with E-state index in [0.29, 0.717) is 10.0 Å². The molecule has 1 aliphatic rings. The van der Waals surface area contributed by atoms with Crippen LogP contribution >= 0.6 is 23.2 Å². The summed E-state index contributed by atoms with van der Waals surface area (Å²) in [4.78, 5) is 9.36. The van der Waals surface area contributed by atoms with Crippen molar-refractivity contribution in [3.05, 3.63) is 58.2 Å². The van der Waals surface area contributed by atoms with Crippen LogP contribution in [0.1, 0.15) is 51.0 Å². The standard InChI is InChI=1S/C19H20Cl2N6/c1-11-16(18-22-10-24-27(18)19(2,3)4)17(26-15(25-11)7-8-23-26)12-5-6-13(20)14(21)9-12/h5-10,16-17H,1-4H3/t16?,17-/m1/s1. The second-order valence-corrected chi connectivity index (χ2v) is 8.50. The second-order valence-electron chi connectivity index (χ2n) is 7.68. The molecule has 6 nitrogen and oxygen atoms in total. The molecule has 0 amide bonds. The fourth-order valence-electron chi connectivity index (χ4n) is 3.57. The quantitative estimate of drug-likeness (QED) is 0.604. The predicted octanol–water partition coefficient (Wildman–Crippen LogP) is 5.02. The lowest BCUT2D eigenvalue weighted by molar-refractivity contribution is 0.328. The van der Waals surface area contributed by atoms with E-state index in [1.54, 1.807) is 12.5 Å². The van der Waals surface area contributed by atoms with E-state index < -0.39 is 0 Å². The van der Waals surface area contributed by atoms with Crippen molar-refractivity contribution in [3.8, 4) is 0 Å². The van der Waals surface area contributed by atoms with Gasteiger partial charge in [-0.25, -0.2) is 19.3 Å². The van der Waals surface area contributed by atoms with E-state index in [0.717, 1.165) is 22.9 Å². The zero-order valence-corrected chi connectivity index (χ0v) is 17.1. The highest BCUT2D eigenvalue weighted by Gasteiger charge is 2.38. The van der Waals surface area contributed by atoms with Crippen LogP contribution in [0, 0.1) is 0 Å². The van der Waals surface area contributed by atoms with Crippen molar-refractivity contribution in [1.82, 2.24) is 24.5 Å². The Morgan fingerprint density at radius 2 is 1.81 bits per heavy atom. The number of benzene rings is 1. The van der Waals surface area contributed by atoms with Gasteiger partial charge in [0.2, 0.25) is 0 Å². The lowest BCUT2D eigenvalue weighted by Crippen LogP contribution is -2.34. The minimum atomic E-state index is -0.210. The molecule has 4 rings (SSSR count). The third-order valence-electron chi connectivity index (χ3n) is 4.74. The van der Waals surface area contributed by atoms with Crippen LogP contribution in [-0.2, 0) is 5.54 Å². The zero-order valence-electron chi connectivity index (χ0n) is 15.6. The lowest BCUT2D eigenvalue weighted by Gasteiger charge is -2.33. The zero-order chi connectivity index (χ0) is 19.3. The molecular weight excluding hydrogens is 383 g/mol. The second kappa shape index (κ2) is 6.46. The molecule has 0 spiro atoms. The van der Waals surface area contributed by atoms with Crippen molar-refractivity contribution in [1.29, 1.82) is 0 Å². The molecule has 1 aromatic carbocycles. The van der Waals surface area contributed by atoms with Crippen LogP contribution in [-0.4, -0.2) is 30.3 Å². The first-order valence-electron chi connectivity index (χ1n) is 8.71. The molecule has 0 aliphatic carbocycles. The van der Waals surface area contributed by atoms with Gasteiger partial charge in [-0.15, -0.1) is 0 Å². The van der Waals surface area contributed by atoms with E-state index >= 15 is 0 Å². The number of aromatic nitrogens is 5. The lowest BCUT2D eigenvalue weighted by atomic mass is 9.87. The maximum Gasteiger partial charge on any atom is 0.150 e. The molecule has 3 heterocycles. The monoisotopic (exact) mass is 402 g/mol. The summed E-state index contributed by atoms with van der Waals surface area (Å²) in [6, 6.07) is 7.44. The third kappa shape index (κ3) is 3.07. The van der Waals surface area contributed by atoms with Gasteiger partial charge in [0.05, 0.1) is 33.7 Å². The van der Waals surface area contributed by atoms with Gasteiger partial charge in [0.1, 0.15) is 12.2 Å². The molecule has 0 saturated heterocycles. The summed E-state index contributed by atoms with van der Waals surface area (Å²) < 4.78 is 3.87. The van der Waals surface area contributed by atoms with E-state index in [9.17, 15) is 0 Å². The van der Waals surface area contributed by atoms with Gasteiger partial charge in [0.25, 0.3) is 0 Å². The molecule has 27 heavy (non-hydrogen) atoms. The number of fused-ring (bicyclic) bond motifs is 1. The Kier molecular flexibility index (Phi) is 4.35. The first kappa shape index (κ1) is 18.2. The minimum absolute atomic E-state index is 0.128. The molecule has 1 aliphatic heterocycles. The first-order chi connectivity index (χ1) is 12.8. The van der Waals surface area contributed by atoms with Gasteiger partial charge in [0, 0.05) is 11.8 Å². The van der Waals surface area contributed by atoms with Gasteiger partial charge in [-0.2, -0.15) is 10.2 Å². The smallest absolute Gasteiger partial charge is 0.150 e. The minimum Gasteiger partial charge on any atom is -0.244 e. The Balaban J connectivity index is 1.93. The molecule has 0 bridgehead atoms. The van der Waals surface area contributed by atoms with Crippen LogP contribution < -0.4 is 0 Å². The van der Waals surface area contributed by atoms with Crippen LogP contribution in [0.15, 0.2) is 41.8 Å². The van der Waals surface area contributed by atoms with Crippen molar-refractivity contribution < 1.29 is 0 Å². The van der Waals surface area contributed by atoms with E-state index in [4.69, 9.17) is 28.2 Å². The predicted molar refractivity (Wildman–Crippen MR) is 107 cm³/mol. The summed E-state index contributed by atoms with van der Waals surface area (Å²) in [7, 11) is 0. The van der Waals surface area contributed by atoms with Crippen molar-refractivity contribution in [2.24, 2.45) is 4.99 Å². The largest absolute Gasteiger partial charge is 0.244 e. The SMILES string of the molecule is CC1=Nc2ccnn2[C@H](c2ccc(Cl)c(Cl)c2)C1c1ncnn1C(C)(C)C. The third-order valence-corrected chi connectivity index (χ3v) is 5.48. The normalized spacial score (nSPS) is 19.7. The van der Waals surface area contributed by atoms with E-state index in [-0.39, 0.29) is 17.5 Å². The fourth-order valence-corrected chi connectivity index (χ4v) is 3.87. The number of nitrogens with zero attached hydrogens (tertiary/aromatic N) is 6. The molecule has 2 atom stereocenters. The van der Waals surface area contributed by atoms with Crippen LogP contribution in [0.5, 0.6) is 0 Å². The molecule has 1 unspecified atom stereocenters. The Bertz CT molecular complexity index is 1030. The summed E-state index contributed by atoms with van der Waals surface area (Å²) in [6.45, 7) is 8.34. The fraction of sp³-hybridized carbons (Fsp3) is 0.368. The maximum atomic E-state index is 6.32. The first-order valence-corrected chi connectivity index (χ1v) is 9.47. The summed E-state index contributed by atoms with van der Waals surface area (Å²) in [5.41, 5.74) is 1.74. The topological polar surface area (TPSA) is 60.9 Å². The Morgan fingerprint density at radius 1 is 1.04 bits per heavy atom. The highest BCUT2D eigenvalue weighted by atomic mass is 35.5. The highest BCUT2D eigenvalue weighted by molar-refractivity contribution is 6.42. The molecule has 8 heteroatoms. The number of aliphatic imine (C=N–C) groups is 1. The molecule has 2 aromatic heterocycles. The molecule has 3 aromatic rings. The number of hydrogen-bond donors (Lipinski definition) is 0. The molecule has 0 saturated carbocycles. The average molecular weight is 403 g/mol. The summed E-state index contributed by atoms with van der Waals surface area (Å²) in [6.07, 6.45) is 3.35. The van der Waals surface area contributed by atoms with Crippen molar-refractivity contribution in [2.75, 3.05) is 0 Å². The summed E-state index contributed by atoms with van der Waals surface area (Å²) in [5, 5.41) is 10.0. The number of rotatable bonds is 2. The summed E-state index contributed by atoms with van der Waals surface area (Å²) in [5.74, 6) is 1.53. The van der Waals surface area contributed by atoms with Crippen molar-refractivity contribution >= 4 is 34.7 Å². The van der Waals surface area contributed by atoms with E-state index in [2.05, 4.69) is 36.0 Å². The molecule has 0 radical (unpaired) electrons. The Hall–Kier alpha value is -2.18. The van der Waals surface area contributed by atoms with Gasteiger partial charge in [-0.3, -0.25) is 0 Å². The van der Waals surface area contributed by atoms with Gasteiger partial charge in [-0.1, -0.05) is 29.3 Å². The van der Waals surface area contributed by atoms with E-state index in [1.165, 1.54) is 0 Å². The van der Waals surface area contributed by atoms with Gasteiger partial charge >= 0.3 is 0 Å². The van der Waals surface area contributed by atoms with Gasteiger partial charge in [0.15, 0.2) is 5.82 Å². The Labute approximate surface area is 167 Å². The van der Waals surface area contributed by atoms with Crippen LogP contribution in [0.25, 0.3) is 0 Å². The maximum absolute atomic E-state index is 6.32. The van der Waals surface area contributed by atoms with Gasteiger partial charge < -0.3 is 0 Å². The number of halogens is 2. The molecule has 140 valence electrons. The highest BCUT2D eigenvalue weighted by Crippen LogP contribution is 2.42. The van der Waals surface area contributed by atoms with Crippen LogP contribution in [0.2, 0.25) is 10.0 Å². The molecular formula is C19H20Cl2N6. The molecule has 0 fully saturated rings. The summed E-state index contributed by atoms with van der Waals surface area (Å²) >= 11 is 12.5. The van der Waals surface area contributed by atoms with Crippen LogP contribution in [0.3, 0.4) is 0 Å². The number of hydrogen-bond acceptors (Lipinski definition) is 4. The average Bonchev–Trinajstić information content (AvgIpc) is 3.24. The molecule has 0 N–H and O–H groups in total.